The average Bonchev–Trinajstić information content (AvgIpc) is 2.75. The molecule has 0 aromatic rings. The van der Waals surface area contributed by atoms with E-state index in [0.717, 1.165) is 0 Å². The highest BCUT2D eigenvalue weighted by Gasteiger charge is 2.35. The fourth-order valence-corrected chi connectivity index (χ4v) is 1.75. The Morgan fingerprint density at radius 3 is 1.70 bits per heavy atom. The van der Waals surface area contributed by atoms with Crippen molar-refractivity contribution in [1.29, 1.82) is 0 Å². The first-order chi connectivity index (χ1) is 12.2. The second kappa shape index (κ2) is 8.33. The lowest BCUT2D eigenvalue weighted by molar-refractivity contribution is -0.197. The molecule has 27 heavy (non-hydrogen) atoms. The van der Waals surface area contributed by atoms with Gasteiger partial charge in [0.1, 0.15) is 17.7 Å². The molecule has 11 nitrogen and oxygen atoms in total. The lowest BCUT2D eigenvalue weighted by Crippen LogP contribution is -2.52. The van der Waals surface area contributed by atoms with Crippen LogP contribution in [0.5, 0.6) is 0 Å². The van der Waals surface area contributed by atoms with Crippen LogP contribution in [0.4, 0.5) is 9.59 Å². The molecule has 0 saturated carbocycles. The standard InChI is InChI=1S/C16H25N3O8/c1-15(2,3)25-13(23)18(14(24)26-16(4,5)6)17-9-12(22)27-19-10(20)7-8-11(19)21/h17H,7-9H2,1-6H3. The minimum absolute atomic E-state index is 0.0541. The zero-order valence-corrected chi connectivity index (χ0v) is 16.3. The minimum atomic E-state index is -1.10. The van der Waals surface area contributed by atoms with E-state index in [4.69, 9.17) is 9.47 Å². The molecule has 0 aromatic heterocycles. The summed E-state index contributed by atoms with van der Waals surface area (Å²) >= 11 is 0. The molecular formula is C16H25N3O8. The van der Waals surface area contributed by atoms with E-state index in [1.54, 1.807) is 41.5 Å². The number of amides is 4. The van der Waals surface area contributed by atoms with Crippen molar-refractivity contribution in [2.75, 3.05) is 6.54 Å². The van der Waals surface area contributed by atoms with E-state index in [0.29, 0.717) is 10.1 Å². The molecule has 1 heterocycles. The van der Waals surface area contributed by atoms with Crippen LogP contribution >= 0.6 is 0 Å². The summed E-state index contributed by atoms with van der Waals surface area (Å²) < 4.78 is 10.2. The van der Waals surface area contributed by atoms with Crippen molar-refractivity contribution in [3.05, 3.63) is 0 Å². The lowest BCUT2D eigenvalue weighted by atomic mass is 10.2. The summed E-state index contributed by atoms with van der Waals surface area (Å²) in [6.07, 6.45) is -2.31. The maximum Gasteiger partial charge on any atom is 0.434 e. The number of hydroxylamine groups is 2. The highest BCUT2D eigenvalue weighted by Crippen LogP contribution is 2.14. The van der Waals surface area contributed by atoms with E-state index in [9.17, 15) is 24.0 Å². The number of carbonyl (C=O) groups is 5. The van der Waals surface area contributed by atoms with E-state index in [1.807, 2.05) is 0 Å². The predicted octanol–water partition coefficient (Wildman–Crippen LogP) is 1.27. The summed E-state index contributed by atoms with van der Waals surface area (Å²) in [5.41, 5.74) is 0.411. The van der Waals surface area contributed by atoms with Crippen LogP contribution in [0.2, 0.25) is 0 Å². The molecule has 0 spiro atoms. The number of nitrogens with zero attached hydrogens (tertiary/aromatic N) is 2. The summed E-state index contributed by atoms with van der Waals surface area (Å²) in [6.45, 7) is 8.87. The number of imide groups is 2. The fraction of sp³-hybridized carbons (Fsp3) is 0.688. The van der Waals surface area contributed by atoms with Crippen molar-refractivity contribution in [1.82, 2.24) is 15.5 Å². The van der Waals surface area contributed by atoms with Gasteiger partial charge in [-0.05, 0) is 41.5 Å². The summed E-state index contributed by atoms with van der Waals surface area (Å²) in [4.78, 5) is 63.8. The molecule has 4 amide bonds. The van der Waals surface area contributed by atoms with Gasteiger partial charge in [-0.25, -0.2) is 19.8 Å². The zero-order chi connectivity index (χ0) is 21.0. The molecule has 1 aliphatic heterocycles. The Hall–Kier alpha value is -2.69. The van der Waals surface area contributed by atoms with Crippen LogP contribution in [0.3, 0.4) is 0 Å². The van der Waals surface area contributed by atoms with Gasteiger partial charge < -0.3 is 14.3 Å². The molecule has 0 aliphatic carbocycles. The van der Waals surface area contributed by atoms with Crippen molar-refractivity contribution >= 4 is 30.0 Å². The van der Waals surface area contributed by atoms with Gasteiger partial charge in [0.2, 0.25) is 0 Å². The molecule has 1 saturated heterocycles. The third-order valence-corrected chi connectivity index (χ3v) is 2.73. The SMILES string of the molecule is CC(C)(C)OC(=O)N(NCC(=O)ON1C(=O)CCC1=O)C(=O)OC(C)(C)C. The molecule has 1 N–H and O–H groups in total. The van der Waals surface area contributed by atoms with Crippen LogP contribution in [-0.2, 0) is 28.7 Å². The van der Waals surface area contributed by atoms with Crippen LogP contribution in [0.15, 0.2) is 0 Å². The Morgan fingerprint density at radius 2 is 1.33 bits per heavy atom. The topological polar surface area (TPSA) is 132 Å². The molecule has 0 bridgehead atoms. The van der Waals surface area contributed by atoms with Crippen LogP contribution in [-0.4, -0.2) is 57.8 Å². The summed E-state index contributed by atoms with van der Waals surface area (Å²) in [5, 5.41) is 0.737. The molecule has 0 unspecified atom stereocenters. The maximum absolute atomic E-state index is 12.2. The normalized spacial score (nSPS) is 14.8. The average molecular weight is 387 g/mol. The van der Waals surface area contributed by atoms with E-state index in [1.165, 1.54) is 0 Å². The van der Waals surface area contributed by atoms with E-state index in [-0.39, 0.29) is 12.8 Å². The van der Waals surface area contributed by atoms with E-state index in [2.05, 4.69) is 10.3 Å². The van der Waals surface area contributed by atoms with Crippen LogP contribution in [0, 0.1) is 0 Å². The Morgan fingerprint density at radius 1 is 0.926 bits per heavy atom. The number of hydrogen-bond donors (Lipinski definition) is 1. The number of rotatable bonds is 4. The monoisotopic (exact) mass is 387 g/mol. The number of nitrogens with one attached hydrogen (secondary N) is 1. The zero-order valence-electron chi connectivity index (χ0n) is 16.3. The van der Waals surface area contributed by atoms with Crippen LogP contribution < -0.4 is 5.43 Å². The highest BCUT2D eigenvalue weighted by atomic mass is 16.7. The van der Waals surface area contributed by atoms with Gasteiger partial charge in [-0.15, -0.1) is 10.1 Å². The van der Waals surface area contributed by atoms with Crippen molar-refractivity contribution in [3.63, 3.8) is 0 Å². The second-order valence-electron chi connectivity index (χ2n) is 7.68. The second-order valence-corrected chi connectivity index (χ2v) is 7.68. The molecule has 0 atom stereocenters. The van der Waals surface area contributed by atoms with Gasteiger partial charge in [0, 0.05) is 12.8 Å². The van der Waals surface area contributed by atoms with Gasteiger partial charge in [0.25, 0.3) is 11.8 Å². The lowest BCUT2D eigenvalue weighted by Gasteiger charge is -2.28. The molecular weight excluding hydrogens is 362 g/mol. The van der Waals surface area contributed by atoms with Gasteiger partial charge in [-0.2, -0.15) is 0 Å². The van der Waals surface area contributed by atoms with Crippen LogP contribution in [0.1, 0.15) is 54.4 Å². The molecule has 0 radical (unpaired) electrons. The number of hydrazine groups is 1. The van der Waals surface area contributed by atoms with Gasteiger partial charge in [0.05, 0.1) is 0 Å². The Bertz CT molecular complexity index is 589. The first-order valence-corrected chi connectivity index (χ1v) is 8.26. The van der Waals surface area contributed by atoms with Crippen molar-refractivity contribution in [2.24, 2.45) is 0 Å². The molecule has 1 aliphatic rings. The van der Waals surface area contributed by atoms with Crippen LogP contribution in [0.25, 0.3) is 0 Å². The predicted molar refractivity (Wildman–Crippen MR) is 89.5 cm³/mol. The fourth-order valence-electron chi connectivity index (χ4n) is 1.75. The summed E-state index contributed by atoms with van der Waals surface area (Å²) in [6, 6.07) is 0. The smallest absolute Gasteiger partial charge is 0.434 e. The summed E-state index contributed by atoms with van der Waals surface area (Å²) in [7, 11) is 0. The van der Waals surface area contributed by atoms with Gasteiger partial charge in [0.15, 0.2) is 0 Å². The first-order valence-electron chi connectivity index (χ1n) is 8.26. The van der Waals surface area contributed by atoms with Gasteiger partial charge >= 0.3 is 18.2 Å². The van der Waals surface area contributed by atoms with E-state index >= 15 is 0 Å². The van der Waals surface area contributed by atoms with Gasteiger partial charge in [-0.3, -0.25) is 9.59 Å². The number of carbonyl (C=O) groups excluding carboxylic acids is 5. The Balaban J connectivity index is 2.76. The van der Waals surface area contributed by atoms with Gasteiger partial charge in [-0.1, -0.05) is 0 Å². The summed E-state index contributed by atoms with van der Waals surface area (Å²) in [5.74, 6) is -2.36. The number of ether oxygens (including phenoxy) is 2. The highest BCUT2D eigenvalue weighted by molar-refractivity contribution is 6.01. The Labute approximate surface area is 156 Å². The maximum atomic E-state index is 12.2. The van der Waals surface area contributed by atoms with E-state index < -0.39 is 47.7 Å². The largest absolute Gasteiger partial charge is 0.442 e. The molecule has 152 valence electrons. The Kier molecular flexibility index (Phi) is 6.90. The quantitative estimate of drug-likeness (QED) is 0.559. The number of hydrogen-bond acceptors (Lipinski definition) is 9. The minimum Gasteiger partial charge on any atom is -0.442 e. The first kappa shape index (κ1) is 22.4. The van der Waals surface area contributed by atoms with Crippen molar-refractivity contribution in [2.45, 2.75) is 65.6 Å². The van der Waals surface area contributed by atoms with Crippen molar-refractivity contribution < 1.29 is 38.3 Å². The van der Waals surface area contributed by atoms with Crippen molar-refractivity contribution in [3.8, 4) is 0 Å². The third-order valence-electron chi connectivity index (χ3n) is 2.73. The third kappa shape index (κ3) is 7.60. The molecule has 1 fully saturated rings. The molecule has 1 rings (SSSR count). The molecule has 0 aromatic carbocycles. The molecule has 11 heteroatoms.